The SMILES string of the molecule is CC1CCN(Cc2csc(NC(=O)CCC(=O)N3CCSc4ccccc43)n2)CC1. The van der Waals surface area contributed by atoms with Gasteiger partial charge in [-0.2, -0.15) is 0 Å². The number of piperidine rings is 1. The predicted molar refractivity (Wildman–Crippen MR) is 123 cm³/mol. The minimum atomic E-state index is -0.157. The maximum Gasteiger partial charge on any atom is 0.227 e. The molecule has 1 aromatic carbocycles. The molecule has 4 rings (SSSR count). The number of carbonyl (C=O) groups excluding carboxylic acids is 2. The Morgan fingerprint density at radius 2 is 1.97 bits per heavy atom. The maximum atomic E-state index is 12.7. The van der Waals surface area contributed by atoms with E-state index in [2.05, 4.69) is 22.1 Å². The molecule has 1 aromatic heterocycles. The molecule has 0 atom stereocenters. The summed E-state index contributed by atoms with van der Waals surface area (Å²) >= 11 is 3.22. The molecule has 2 amide bonds. The molecule has 30 heavy (non-hydrogen) atoms. The molecule has 6 nitrogen and oxygen atoms in total. The molecule has 8 heteroatoms. The third kappa shape index (κ3) is 5.42. The number of likely N-dealkylation sites (tertiary alicyclic amines) is 1. The van der Waals surface area contributed by atoms with Gasteiger partial charge >= 0.3 is 0 Å². The highest BCUT2D eigenvalue weighted by atomic mass is 32.2. The van der Waals surface area contributed by atoms with Crippen molar-refractivity contribution in [2.24, 2.45) is 5.92 Å². The summed E-state index contributed by atoms with van der Waals surface area (Å²) in [7, 11) is 0. The number of nitrogens with one attached hydrogen (secondary N) is 1. The number of benzene rings is 1. The van der Waals surface area contributed by atoms with Crippen molar-refractivity contribution in [3.05, 3.63) is 35.3 Å². The summed E-state index contributed by atoms with van der Waals surface area (Å²) in [6.45, 7) is 6.06. The molecule has 0 spiro atoms. The summed E-state index contributed by atoms with van der Waals surface area (Å²) in [5, 5.41) is 5.49. The van der Waals surface area contributed by atoms with Crippen LogP contribution >= 0.6 is 23.1 Å². The van der Waals surface area contributed by atoms with Gasteiger partial charge in [-0.15, -0.1) is 23.1 Å². The number of carbonyl (C=O) groups is 2. The van der Waals surface area contributed by atoms with Crippen molar-refractivity contribution in [1.82, 2.24) is 9.88 Å². The topological polar surface area (TPSA) is 65.5 Å². The van der Waals surface area contributed by atoms with Gasteiger partial charge in [0.25, 0.3) is 0 Å². The van der Waals surface area contributed by atoms with E-state index in [1.54, 1.807) is 16.7 Å². The van der Waals surface area contributed by atoms with Gasteiger partial charge in [0, 0.05) is 42.0 Å². The summed E-state index contributed by atoms with van der Waals surface area (Å²) in [6.07, 6.45) is 2.85. The number of rotatable bonds is 6. The van der Waals surface area contributed by atoms with E-state index in [0.29, 0.717) is 11.7 Å². The van der Waals surface area contributed by atoms with E-state index in [1.807, 2.05) is 29.6 Å². The first kappa shape index (κ1) is 21.3. The molecule has 2 aliphatic heterocycles. The average Bonchev–Trinajstić information content (AvgIpc) is 3.20. The monoisotopic (exact) mass is 444 g/mol. The third-order valence-corrected chi connectivity index (χ3v) is 7.50. The third-order valence-electron chi connectivity index (χ3n) is 5.66. The van der Waals surface area contributed by atoms with Gasteiger partial charge in [-0.05, 0) is 44.0 Å². The Hall–Kier alpha value is -1.90. The van der Waals surface area contributed by atoms with Crippen LogP contribution < -0.4 is 10.2 Å². The molecule has 0 saturated carbocycles. The van der Waals surface area contributed by atoms with E-state index in [4.69, 9.17) is 0 Å². The highest BCUT2D eigenvalue weighted by Gasteiger charge is 2.23. The number of para-hydroxylation sites is 1. The quantitative estimate of drug-likeness (QED) is 0.722. The van der Waals surface area contributed by atoms with Crippen LogP contribution in [0.5, 0.6) is 0 Å². The van der Waals surface area contributed by atoms with Gasteiger partial charge in [0.1, 0.15) is 0 Å². The molecule has 2 aromatic rings. The highest BCUT2D eigenvalue weighted by Crippen LogP contribution is 2.34. The predicted octanol–water partition coefficient (Wildman–Crippen LogP) is 4.23. The first-order chi connectivity index (χ1) is 14.6. The molecular weight excluding hydrogens is 416 g/mol. The number of thioether (sulfide) groups is 1. The lowest BCUT2D eigenvalue weighted by Gasteiger charge is -2.29. The second-order valence-corrected chi connectivity index (χ2v) is 10.0. The van der Waals surface area contributed by atoms with E-state index in [1.165, 1.54) is 24.2 Å². The lowest BCUT2D eigenvalue weighted by molar-refractivity contribution is -0.122. The van der Waals surface area contributed by atoms with E-state index in [-0.39, 0.29) is 24.7 Å². The van der Waals surface area contributed by atoms with Crippen LogP contribution in [0.2, 0.25) is 0 Å². The molecule has 3 heterocycles. The van der Waals surface area contributed by atoms with Crippen LogP contribution in [0.25, 0.3) is 0 Å². The van der Waals surface area contributed by atoms with Crippen molar-refractivity contribution in [2.75, 3.05) is 35.6 Å². The van der Waals surface area contributed by atoms with Crippen LogP contribution in [0.1, 0.15) is 38.3 Å². The average molecular weight is 445 g/mol. The van der Waals surface area contributed by atoms with Gasteiger partial charge in [0.05, 0.1) is 11.4 Å². The molecule has 0 aliphatic carbocycles. The van der Waals surface area contributed by atoms with E-state index in [0.717, 1.165) is 47.6 Å². The summed E-state index contributed by atoms with van der Waals surface area (Å²) in [5.74, 6) is 1.53. The number of fused-ring (bicyclic) bond motifs is 1. The Labute approximate surface area is 186 Å². The number of hydrogen-bond donors (Lipinski definition) is 1. The molecule has 2 aliphatic rings. The van der Waals surface area contributed by atoms with Crippen LogP contribution in [0.4, 0.5) is 10.8 Å². The van der Waals surface area contributed by atoms with Crippen LogP contribution in [0, 0.1) is 5.92 Å². The zero-order chi connectivity index (χ0) is 20.9. The van der Waals surface area contributed by atoms with E-state index < -0.39 is 0 Å². The van der Waals surface area contributed by atoms with Gasteiger partial charge in [-0.25, -0.2) is 4.98 Å². The first-order valence-corrected chi connectivity index (χ1v) is 12.4. The van der Waals surface area contributed by atoms with Crippen molar-refractivity contribution in [3.63, 3.8) is 0 Å². The van der Waals surface area contributed by atoms with Crippen molar-refractivity contribution in [1.29, 1.82) is 0 Å². The van der Waals surface area contributed by atoms with Crippen LogP contribution in [0.15, 0.2) is 34.5 Å². The second kappa shape index (κ2) is 9.94. The Bertz CT molecular complexity index is 893. The Morgan fingerprint density at radius 1 is 1.17 bits per heavy atom. The second-order valence-electron chi connectivity index (χ2n) is 8.01. The number of nitrogens with zero attached hydrogens (tertiary/aromatic N) is 3. The number of hydrogen-bond acceptors (Lipinski definition) is 6. The minimum Gasteiger partial charge on any atom is -0.310 e. The van der Waals surface area contributed by atoms with E-state index >= 15 is 0 Å². The van der Waals surface area contributed by atoms with Crippen LogP contribution in [-0.4, -0.2) is 47.1 Å². The van der Waals surface area contributed by atoms with Gasteiger partial charge in [0.15, 0.2) is 5.13 Å². The fourth-order valence-electron chi connectivity index (χ4n) is 3.85. The highest BCUT2D eigenvalue weighted by molar-refractivity contribution is 7.99. The fourth-order valence-corrected chi connectivity index (χ4v) is 5.56. The zero-order valence-electron chi connectivity index (χ0n) is 17.3. The summed E-state index contributed by atoms with van der Waals surface area (Å²) in [4.78, 5) is 34.9. The summed E-state index contributed by atoms with van der Waals surface area (Å²) < 4.78 is 0. The van der Waals surface area contributed by atoms with Gasteiger partial charge < -0.3 is 10.2 Å². The lowest BCUT2D eigenvalue weighted by atomic mass is 9.99. The van der Waals surface area contributed by atoms with Crippen LogP contribution in [-0.2, 0) is 16.1 Å². The zero-order valence-corrected chi connectivity index (χ0v) is 18.9. The standard InChI is InChI=1S/C22H28N4O2S2/c1-16-8-10-25(11-9-16)14-17-15-30-22(23-17)24-20(27)6-7-21(28)26-12-13-29-19-5-3-2-4-18(19)26/h2-5,15-16H,6-14H2,1H3,(H,23,24,27). The summed E-state index contributed by atoms with van der Waals surface area (Å²) in [6, 6.07) is 7.94. The Kier molecular flexibility index (Phi) is 7.07. The van der Waals surface area contributed by atoms with Gasteiger partial charge in [0.2, 0.25) is 11.8 Å². The van der Waals surface area contributed by atoms with Crippen LogP contribution in [0.3, 0.4) is 0 Å². The smallest absolute Gasteiger partial charge is 0.227 e. The Morgan fingerprint density at radius 3 is 2.80 bits per heavy atom. The molecule has 0 unspecified atom stereocenters. The molecule has 0 radical (unpaired) electrons. The van der Waals surface area contributed by atoms with Gasteiger partial charge in [-0.1, -0.05) is 19.1 Å². The lowest BCUT2D eigenvalue weighted by Crippen LogP contribution is -2.35. The number of anilines is 2. The van der Waals surface area contributed by atoms with E-state index in [9.17, 15) is 9.59 Å². The normalized spacial score (nSPS) is 17.6. The van der Waals surface area contributed by atoms with Gasteiger partial charge in [-0.3, -0.25) is 14.5 Å². The number of thiazole rings is 1. The van der Waals surface area contributed by atoms with Crippen molar-refractivity contribution in [2.45, 2.75) is 44.0 Å². The molecule has 1 fully saturated rings. The first-order valence-electron chi connectivity index (χ1n) is 10.6. The molecular formula is C22H28N4O2S2. The van der Waals surface area contributed by atoms with Crippen molar-refractivity contribution in [3.8, 4) is 0 Å². The number of aromatic nitrogens is 1. The largest absolute Gasteiger partial charge is 0.310 e. The maximum absolute atomic E-state index is 12.7. The molecule has 0 bridgehead atoms. The fraction of sp³-hybridized carbons (Fsp3) is 0.500. The van der Waals surface area contributed by atoms with Crippen molar-refractivity contribution < 1.29 is 9.59 Å². The minimum absolute atomic E-state index is 0.00273. The van der Waals surface area contributed by atoms with Crippen molar-refractivity contribution >= 4 is 45.7 Å². The molecule has 1 saturated heterocycles. The Balaban J connectivity index is 1.25. The number of amides is 2. The molecule has 1 N–H and O–H groups in total. The summed E-state index contributed by atoms with van der Waals surface area (Å²) in [5.41, 5.74) is 1.96. The molecule has 160 valence electrons.